The molecule has 1 aromatic rings. The fourth-order valence-corrected chi connectivity index (χ4v) is 1.66. The maximum atomic E-state index is 13.7. The predicted octanol–water partition coefficient (Wildman–Crippen LogP) is 2.73. The zero-order chi connectivity index (χ0) is 12.1. The van der Waals surface area contributed by atoms with Gasteiger partial charge in [0.05, 0.1) is 13.7 Å². The first-order chi connectivity index (χ1) is 7.63. The summed E-state index contributed by atoms with van der Waals surface area (Å²) in [7, 11) is 1.36. The fourth-order valence-electron chi connectivity index (χ4n) is 1.20. The van der Waals surface area contributed by atoms with E-state index in [-0.39, 0.29) is 17.9 Å². The Morgan fingerprint density at radius 2 is 2.19 bits per heavy atom. The number of ether oxygens (including phenoxy) is 2. The third-order valence-electron chi connectivity index (χ3n) is 1.96. The molecule has 0 atom stereocenters. The molecule has 88 valence electrons. The minimum Gasteiger partial charge on any atom is -0.494 e. The van der Waals surface area contributed by atoms with Gasteiger partial charge in [-0.05, 0) is 25.3 Å². The molecule has 0 aliphatic carbocycles. The first-order valence-electron chi connectivity index (χ1n) is 4.72. The van der Waals surface area contributed by atoms with Gasteiger partial charge in [-0.3, -0.25) is 0 Å². The van der Waals surface area contributed by atoms with Gasteiger partial charge in [0.15, 0.2) is 11.6 Å². The molecule has 0 aliphatic rings. The topological polar surface area (TPSA) is 35.5 Å². The highest BCUT2D eigenvalue weighted by atomic mass is 32.2. The highest BCUT2D eigenvalue weighted by molar-refractivity contribution is 7.98. The van der Waals surface area contributed by atoms with Gasteiger partial charge in [-0.1, -0.05) is 0 Å². The van der Waals surface area contributed by atoms with E-state index in [1.54, 1.807) is 13.0 Å². The van der Waals surface area contributed by atoms with Gasteiger partial charge in [0, 0.05) is 4.90 Å². The van der Waals surface area contributed by atoms with E-state index in [1.807, 2.05) is 6.26 Å². The summed E-state index contributed by atoms with van der Waals surface area (Å²) in [6.45, 7) is 1.88. The second kappa shape index (κ2) is 5.75. The summed E-state index contributed by atoms with van der Waals surface area (Å²) in [5.74, 6) is -1.30. The number of rotatable bonds is 4. The second-order valence-electron chi connectivity index (χ2n) is 2.91. The van der Waals surface area contributed by atoms with E-state index < -0.39 is 11.8 Å². The minimum atomic E-state index is -0.682. The van der Waals surface area contributed by atoms with Gasteiger partial charge < -0.3 is 9.47 Å². The molecule has 0 saturated carbocycles. The van der Waals surface area contributed by atoms with Crippen LogP contribution in [0.4, 0.5) is 4.39 Å². The molecule has 0 bridgehead atoms. The maximum absolute atomic E-state index is 13.7. The van der Waals surface area contributed by atoms with Crippen LogP contribution in [-0.4, -0.2) is 25.9 Å². The Kier molecular flexibility index (Phi) is 4.61. The lowest BCUT2D eigenvalue weighted by Gasteiger charge is -2.09. The molecule has 0 aromatic heterocycles. The summed E-state index contributed by atoms with van der Waals surface area (Å²) in [6.07, 6.45) is 1.83. The van der Waals surface area contributed by atoms with Crippen molar-refractivity contribution in [3.8, 4) is 5.75 Å². The van der Waals surface area contributed by atoms with E-state index >= 15 is 0 Å². The highest BCUT2D eigenvalue weighted by Gasteiger charge is 2.18. The predicted molar refractivity (Wildman–Crippen MR) is 60.7 cm³/mol. The number of esters is 1. The monoisotopic (exact) mass is 244 g/mol. The summed E-state index contributed by atoms with van der Waals surface area (Å²) in [4.78, 5) is 12.2. The number of carbonyl (C=O) groups is 1. The first-order valence-corrected chi connectivity index (χ1v) is 5.95. The van der Waals surface area contributed by atoms with Crippen molar-refractivity contribution in [1.29, 1.82) is 0 Å². The Bertz CT molecular complexity index is 393. The van der Waals surface area contributed by atoms with E-state index in [1.165, 1.54) is 24.9 Å². The van der Waals surface area contributed by atoms with Crippen molar-refractivity contribution in [3.05, 3.63) is 23.5 Å². The lowest BCUT2D eigenvalue weighted by molar-refractivity contribution is 0.0520. The van der Waals surface area contributed by atoms with Crippen molar-refractivity contribution in [2.24, 2.45) is 0 Å². The third-order valence-corrected chi connectivity index (χ3v) is 2.67. The van der Waals surface area contributed by atoms with Crippen LogP contribution in [0.25, 0.3) is 0 Å². The number of thioether (sulfide) groups is 1. The van der Waals surface area contributed by atoms with E-state index in [0.717, 1.165) is 4.90 Å². The van der Waals surface area contributed by atoms with Crippen molar-refractivity contribution in [3.63, 3.8) is 0 Å². The molecule has 0 heterocycles. The van der Waals surface area contributed by atoms with E-state index in [9.17, 15) is 9.18 Å². The average Bonchev–Trinajstić information content (AvgIpc) is 2.29. The Morgan fingerprint density at radius 3 is 2.69 bits per heavy atom. The first kappa shape index (κ1) is 12.8. The second-order valence-corrected chi connectivity index (χ2v) is 3.79. The Balaban J connectivity index is 3.20. The Morgan fingerprint density at radius 1 is 1.50 bits per heavy atom. The molecular weight excluding hydrogens is 231 g/mol. The molecule has 0 radical (unpaired) electrons. The molecule has 1 aromatic carbocycles. The largest absolute Gasteiger partial charge is 0.494 e. The van der Waals surface area contributed by atoms with Crippen LogP contribution < -0.4 is 4.74 Å². The zero-order valence-corrected chi connectivity index (χ0v) is 10.2. The lowest BCUT2D eigenvalue weighted by atomic mass is 10.2. The summed E-state index contributed by atoms with van der Waals surface area (Å²) in [5, 5.41) is 0. The quantitative estimate of drug-likeness (QED) is 0.602. The number of halogens is 1. The number of carbonyl (C=O) groups excluding carboxylic acids is 1. The average molecular weight is 244 g/mol. The molecule has 0 saturated heterocycles. The maximum Gasteiger partial charge on any atom is 0.341 e. The van der Waals surface area contributed by atoms with Gasteiger partial charge in [0.25, 0.3) is 0 Å². The van der Waals surface area contributed by atoms with Gasteiger partial charge in [0.2, 0.25) is 0 Å². The number of benzene rings is 1. The van der Waals surface area contributed by atoms with Crippen LogP contribution in [-0.2, 0) is 4.74 Å². The summed E-state index contributed by atoms with van der Waals surface area (Å²) >= 11 is 1.40. The van der Waals surface area contributed by atoms with Gasteiger partial charge in [-0.2, -0.15) is 0 Å². The van der Waals surface area contributed by atoms with E-state index in [0.29, 0.717) is 0 Å². The molecule has 0 N–H and O–H groups in total. The van der Waals surface area contributed by atoms with Gasteiger partial charge in [-0.25, -0.2) is 9.18 Å². The fraction of sp³-hybridized carbons (Fsp3) is 0.364. The smallest absolute Gasteiger partial charge is 0.341 e. The summed E-state index contributed by atoms with van der Waals surface area (Å²) in [5.41, 5.74) is -0.0921. The highest BCUT2D eigenvalue weighted by Crippen LogP contribution is 2.28. The molecule has 16 heavy (non-hydrogen) atoms. The van der Waals surface area contributed by atoms with Crippen molar-refractivity contribution in [1.82, 2.24) is 0 Å². The van der Waals surface area contributed by atoms with Crippen LogP contribution in [0.1, 0.15) is 17.3 Å². The number of methoxy groups -OCH3 is 1. The molecule has 0 spiro atoms. The van der Waals surface area contributed by atoms with Crippen molar-refractivity contribution >= 4 is 17.7 Å². The van der Waals surface area contributed by atoms with Crippen LogP contribution in [0.5, 0.6) is 5.75 Å². The molecular formula is C11H13FO3S. The standard InChI is InChI=1S/C11H13FO3S/c1-4-15-11(13)8-5-7(16-3)6-9(14-2)10(8)12/h5-6H,4H2,1-3H3. The molecule has 0 amide bonds. The van der Waals surface area contributed by atoms with Gasteiger partial charge >= 0.3 is 5.97 Å². The normalized spacial score (nSPS) is 10.0. The van der Waals surface area contributed by atoms with Crippen molar-refractivity contribution in [2.75, 3.05) is 20.0 Å². The molecule has 3 nitrogen and oxygen atoms in total. The molecule has 0 unspecified atom stereocenters. The molecule has 0 aliphatic heterocycles. The molecule has 5 heteroatoms. The summed E-state index contributed by atoms with van der Waals surface area (Å²) < 4.78 is 23.4. The van der Waals surface area contributed by atoms with Crippen LogP contribution in [0.2, 0.25) is 0 Å². The molecule has 1 rings (SSSR count). The lowest BCUT2D eigenvalue weighted by Crippen LogP contribution is -2.08. The van der Waals surface area contributed by atoms with Gasteiger partial charge in [0.1, 0.15) is 5.56 Å². The van der Waals surface area contributed by atoms with Crippen LogP contribution in [0.3, 0.4) is 0 Å². The van der Waals surface area contributed by atoms with Crippen LogP contribution >= 0.6 is 11.8 Å². The van der Waals surface area contributed by atoms with Crippen LogP contribution in [0, 0.1) is 5.82 Å². The van der Waals surface area contributed by atoms with Crippen molar-refractivity contribution in [2.45, 2.75) is 11.8 Å². The summed E-state index contributed by atoms with van der Waals surface area (Å²) in [6, 6.07) is 3.00. The van der Waals surface area contributed by atoms with Crippen molar-refractivity contribution < 1.29 is 18.7 Å². The zero-order valence-electron chi connectivity index (χ0n) is 9.37. The Hall–Kier alpha value is -1.23. The Labute approximate surface area is 97.9 Å². The number of hydrogen-bond acceptors (Lipinski definition) is 4. The third kappa shape index (κ3) is 2.66. The van der Waals surface area contributed by atoms with Gasteiger partial charge in [-0.15, -0.1) is 11.8 Å². The van der Waals surface area contributed by atoms with E-state index in [4.69, 9.17) is 9.47 Å². The number of hydrogen-bond donors (Lipinski definition) is 0. The van der Waals surface area contributed by atoms with E-state index in [2.05, 4.69) is 0 Å². The van der Waals surface area contributed by atoms with Crippen LogP contribution in [0.15, 0.2) is 17.0 Å². The molecule has 0 fully saturated rings. The minimum absolute atomic E-state index is 0.0508. The SMILES string of the molecule is CCOC(=O)c1cc(SC)cc(OC)c1F.